The van der Waals surface area contributed by atoms with Gasteiger partial charge in [-0.1, -0.05) is 23.7 Å². The third kappa shape index (κ3) is 5.69. The molecule has 3 aromatic rings. The van der Waals surface area contributed by atoms with Crippen LogP contribution < -0.4 is 5.32 Å². The van der Waals surface area contributed by atoms with E-state index in [-0.39, 0.29) is 24.8 Å². The van der Waals surface area contributed by atoms with Gasteiger partial charge in [0.25, 0.3) is 5.91 Å². The number of piperidine rings is 1. The highest BCUT2D eigenvalue weighted by Crippen LogP contribution is 2.22. The molecule has 0 unspecified atom stereocenters. The standard InChI is InChI=1S/C24H26ClFN4O3/c25-22-13-17-12-19(28-21(17)14-27-22)23(32)29-20(11-16-1-3-18(26)4-2-16)24(33)30-8-5-15(6-9-30)7-10-31/h1-4,12-15,20,28,31H,5-11H2,(H,29,32)/t20-/m0/s1. The van der Waals surface area contributed by atoms with Gasteiger partial charge < -0.3 is 20.3 Å². The molecule has 3 N–H and O–H groups in total. The molecule has 1 aliphatic heterocycles. The summed E-state index contributed by atoms with van der Waals surface area (Å²) in [5.41, 5.74) is 1.71. The zero-order valence-electron chi connectivity index (χ0n) is 18.1. The number of amides is 2. The highest BCUT2D eigenvalue weighted by Gasteiger charge is 2.30. The predicted octanol–water partition coefficient (Wildman–Crippen LogP) is 3.32. The van der Waals surface area contributed by atoms with E-state index in [0.717, 1.165) is 30.2 Å². The summed E-state index contributed by atoms with van der Waals surface area (Å²) >= 11 is 5.93. The molecular formula is C24H26ClFN4O3. The molecule has 1 atom stereocenters. The topological polar surface area (TPSA) is 98.3 Å². The van der Waals surface area contributed by atoms with Crippen LogP contribution in [0.15, 0.2) is 42.6 Å². The summed E-state index contributed by atoms with van der Waals surface area (Å²) in [6, 6.07) is 8.43. The first-order valence-electron chi connectivity index (χ1n) is 11.0. The van der Waals surface area contributed by atoms with Gasteiger partial charge in [0.15, 0.2) is 0 Å². The SMILES string of the molecule is O=C(N[C@@H](Cc1ccc(F)cc1)C(=O)N1CCC(CCO)CC1)c1cc2cc(Cl)ncc2[nH]1. The molecule has 7 nitrogen and oxygen atoms in total. The lowest BCUT2D eigenvalue weighted by atomic mass is 9.93. The number of aromatic nitrogens is 2. The molecule has 0 bridgehead atoms. The van der Waals surface area contributed by atoms with E-state index < -0.39 is 11.9 Å². The second-order valence-electron chi connectivity index (χ2n) is 8.41. The van der Waals surface area contributed by atoms with Gasteiger partial charge in [0.05, 0.1) is 11.7 Å². The van der Waals surface area contributed by atoms with Crippen molar-refractivity contribution in [1.82, 2.24) is 20.2 Å². The van der Waals surface area contributed by atoms with Crippen LogP contribution in [0, 0.1) is 11.7 Å². The number of carbonyl (C=O) groups is 2. The maximum Gasteiger partial charge on any atom is 0.268 e. The lowest BCUT2D eigenvalue weighted by Crippen LogP contribution is -2.51. The number of nitrogens with one attached hydrogen (secondary N) is 2. The Balaban J connectivity index is 1.51. The number of hydrogen-bond acceptors (Lipinski definition) is 4. The smallest absolute Gasteiger partial charge is 0.268 e. The lowest BCUT2D eigenvalue weighted by Gasteiger charge is -2.34. The van der Waals surface area contributed by atoms with Crippen molar-refractivity contribution in [2.24, 2.45) is 5.92 Å². The van der Waals surface area contributed by atoms with Crippen molar-refractivity contribution in [3.8, 4) is 0 Å². The second-order valence-corrected chi connectivity index (χ2v) is 8.80. The summed E-state index contributed by atoms with van der Waals surface area (Å²) in [6.45, 7) is 1.30. The van der Waals surface area contributed by atoms with Crippen LogP contribution in [0.25, 0.3) is 10.9 Å². The molecule has 0 aliphatic carbocycles. The van der Waals surface area contributed by atoms with Crippen molar-refractivity contribution in [1.29, 1.82) is 0 Å². The fraction of sp³-hybridized carbons (Fsp3) is 0.375. The molecule has 4 rings (SSSR count). The highest BCUT2D eigenvalue weighted by atomic mass is 35.5. The van der Waals surface area contributed by atoms with E-state index in [1.807, 2.05) is 0 Å². The number of aliphatic hydroxyl groups is 1. The molecule has 33 heavy (non-hydrogen) atoms. The van der Waals surface area contributed by atoms with E-state index in [1.54, 1.807) is 35.4 Å². The summed E-state index contributed by atoms with van der Waals surface area (Å²) in [5.74, 6) is -0.549. The van der Waals surface area contributed by atoms with Crippen LogP contribution in [0.5, 0.6) is 0 Å². The molecule has 1 aromatic carbocycles. The third-order valence-corrected chi connectivity index (χ3v) is 6.34. The first kappa shape index (κ1) is 23.2. The van der Waals surface area contributed by atoms with Crippen molar-refractivity contribution >= 4 is 34.3 Å². The Bertz CT molecular complexity index is 1130. The van der Waals surface area contributed by atoms with Crippen molar-refractivity contribution in [3.05, 3.63) is 64.8 Å². The monoisotopic (exact) mass is 472 g/mol. The molecule has 2 amide bonds. The fourth-order valence-corrected chi connectivity index (χ4v) is 4.43. The van der Waals surface area contributed by atoms with Gasteiger partial charge in [-0.3, -0.25) is 9.59 Å². The molecule has 3 heterocycles. The number of fused-ring (bicyclic) bond motifs is 1. The van der Waals surface area contributed by atoms with Gasteiger partial charge in [-0.05, 0) is 55.0 Å². The molecule has 1 fully saturated rings. The van der Waals surface area contributed by atoms with E-state index >= 15 is 0 Å². The zero-order chi connectivity index (χ0) is 23.4. The summed E-state index contributed by atoms with van der Waals surface area (Å²) in [4.78, 5) is 35.2. The molecule has 174 valence electrons. The van der Waals surface area contributed by atoms with E-state index in [4.69, 9.17) is 11.6 Å². The van der Waals surface area contributed by atoms with Gasteiger partial charge in [-0.15, -0.1) is 0 Å². The number of nitrogens with zero attached hydrogens (tertiary/aromatic N) is 2. The first-order valence-corrected chi connectivity index (χ1v) is 11.4. The summed E-state index contributed by atoms with van der Waals surface area (Å²) in [7, 11) is 0. The Kier molecular flexibility index (Phi) is 7.25. The van der Waals surface area contributed by atoms with Crippen molar-refractivity contribution < 1.29 is 19.1 Å². The number of pyridine rings is 1. The lowest BCUT2D eigenvalue weighted by molar-refractivity contribution is -0.134. The van der Waals surface area contributed by atoms with Crippen LogP contribution in [0.4, 0.5) is 4.39 Å². The van der Waals surface area contributed by atoms with Gasteiger partial charge in [-0.25, -0.2) is 9.37 Å². The Morgan fingerprint density at radius 3 is 2.67 bits per heavy atom. The maximum atomic E-state index is 13.4. The molecule has 0 radical (unpaired) electrons. The molecule has 0 spiro atoms. The zero-order valence-corrected chi connectivity index (χ0v) is 18.8. The number of benzene rings is 1. The maximum absolute atomic E-state index is 13.4. The predicted molar refractivity (Wildman–Crippen MR) is 123 cm³/mol. The number of H-pyrrole nitrogens is 1. The van der Waals surface area contributed by atoms with Gasteiger partial charge in [0.1, 0.15) is 22.7 Å². The van der Waals surface area contributed by atoms with Crippen LogP contribution in [-0.2, 0) is 11.2 Å². The van der Waals surface area contributed by atoms with Gasteiger partial charge in [0.2, 0.25) is 5.91 Å². The minimum absolute atomic E-state index is 0.146. The Morgan fingerprint density at radius 2 is 1.97 bits per heavy atom. The Morgan fingerprint density at radius 1 is 1.24 bits per heavy atom. The Hall–Kier alpha value is -2.97. The number of likely N-dealkylation sites (tertiary alicyclic amines) is 1. The van der Waals surface area contributed by atoms with Crippen LogP contribution in [0.3, 0.4) is 0 Å². The number of aliphatic hydroxyl groups excluding tert-OH is 1. The van der Waals surface area contributed by atoms with Crippen LogP contribution >= 0.6 is 11.6 Å². The number of carbonyl (C=O) groups excluding carboxylic acids is 2. The summed E-state index contributed by atoms with van der Waals surface area (Å²) < 4.78 is 13.4. The van der Waals surface area contributed by atoms with Gasteiger partial charge in [-0.2, -0.15) is 0 Å². The van der Waals surface area contributed by atoms with Gasteiger partial charge >= 0.3 is 0 Å². The van der Waals surface area contributed by atoms with Crippen LogP contribution in [-0.4, -0.2) is 57.5 Å². The quantitative estimate of drug-likeness (QED) is 0.459. The van der Waals surface area contributed by atoms with Crippen molar-refractivity contribution in [2.45, 2.75) is 31.7 Å². The van der Waals surface area contributed by atoms with Crippen molar-refractivity contribution in [2.75, 3.05) is 19.7 Å². The average Bonchev–Trinajstić information content (AvgIpc) is 3.24. The molecule has 1 aliphatic rings. The molecular weight excluding hydrogens is 447 g/mol. The molecule has 0 saturated carbocycles. The summed E-state index contributed by atoms with van der Waals surface area (Å²) in [6.07, 6.45) is 4.16. The van der Waals surface area contributed by atoms with E-state index in [1.165, 1.54) is 12.1 Å². The number of rotatable bonds is 7. The van der Waals surface area contributed by atoms with E-state index in [2.05, 4.69) is 15.3 Å². The molecule has 9 heteroatoms. The number of hydrogen-bond donors (Lipinski definition) is 3. The van der Waals surface area contributed by atoms with E-state index in [0.29, 0.717) is 35.4 Å². The number of aromatic amines is 1. The largest absolute Gasteiger partial charge is 0.396 e. The summed E-state index contributed by atoms with van der Waals surface area (Å²) in [5, 5.41) is 13.1. The minimum atomic E-state index is -0.800. The second kappa shape index (κ2) is 10.3. The number of halogens is 2. The fourth-order valence-electron chi connectivity index (χ4n) is 4.26. The van der Waals surface area contributed by atoms with Crippen LogP contribution in [0.1, 0.15) is 35.3 Å². The van der Waals surface area contributed by atoms with Crippen LogP contribution in [0.2, 0.25) is 5.15 Å². The average molecular weight is 473 g/mol. The molecule has 2 aromatic heterocycles. The first-order chi connectivity index (χ1) is 15.9. The van der Waals surface area contributed by atoms with E-state index in [9.17, 15) is 19.1 Å². The highest BCUT2D eigenvalue weighted by molar-refractivity contribution is 6.30. The molecule has 1 saturated heterocycles. The normalized spacial score (nSPS) is 15.5. The minimum Gasteiger partial charge on any atom is -0.396 e. The Labute approximate surface area is 196 Å². The van der Waals surface area contributed by atoms with Crippen molar-refractivity contribution in [3.63, 3.8) is 0 Å². The third-order valence-electron chi connectivity index (χ3n) is 6.14. The van der Waals surface area contributed by atoms with Gasteiger partial charge in [0, 0.05) is 31.5 Å².